The molecule has 1 unspecified atom stereocenters. The fraction of sp³-hybridized carbons (Fsp3) is 0.308. The van der Waals surface area contributed by atoms with Crippen LogP contribution in [-0.2, 0) is 6.42 Å². The number of benzene rings is 1. The van der Waals surface area contributed by atoms with Gasteiger partial charge in [-0.3, -0.25) is 11.3 Å². The Bertz CT molecular complexity index is 559. The molecule has 2 rings (SSSR count). The highest BCUT2D eigenvalue weighted by atomic mass is 32.1. The lowest BCUT2D eigenvalue weighted by Gasteiger charge is -2.14. The molecule has 4 nitrogen and oxygen atoms in total. The maximum atomic E-state index is 13.6. The molecule has 1 atom stereocenters. The number of nitrogens with two attached hydrogens (primary N) is 1. The van der Waals surface area contributed by atoms with Gasteiger partial charge in [0.2, 0.25) is 0 Å². The number of thiazole rings is 1. The van der Waals surface area contributed by atoms with Gasteiger partial charge in [-0.1, -0.05) is 6.07 Å². The number of hydrogen-bond acceptors (Lipinski definition) is 5. The summed E-state index contributed by atoms with van der Waals surface area (Å²) in [6, 6.07) is 4.85. The van der Waals surface area contributed by atoms with Crippen LogP contribution in [0, 0.1) is 12.7 Å². The number of aryl methyl sites for hydroxylation is 1. The van der Waals surface area contributed by atoms with Crippen LogP contribution in [0.25, 0.3) is 0 Å². The van der Waals surface area contributed by atoms with Crippen LogP contribution in [0.1, 0.15) is 21.5 Å². The van der Waals surface area contributed by atoms with Crippen molar-refractivity contribution in [3.05, 3.63) is 45.7 Å². The molecule has 0 spiro atoms. The van der Waals surface area contributed by atoms with E-state index in [2.05, 4.69) is 10.4 Å². The Labute approximate surface area is 115 Å². The smallest absolute Gasteiger partial charge is 0.165 e. The highest BCUT2D eigenvalue weighted by Crippen LogP contribution is 2.25. The van der Waals surface area contributed by atoms with Crippen LogP contribution >= 0.6 is 11.3 Å². The molecule has 0 bridgehead atoms. The van der Waals surface area contributed by atoms with E-state index in [1.54, 1.807) is 23.6 Å². The van der Waals surface area contributed by atoms with Gasteiger partial charge in [0.15, 0.2) is 11.6 Å². The van der Waals surface area contributed by atoms with Crippen molar-refractivity contribution in [1.29, 1.82) is 0 Å². The molecule has 3 N–H and O–H groups in total. The van der Waals surface area contributed by atoms with E-state index in [0.717, 1.165) is 15.4 Å². The minimum absolute atomic E-state index is 0.0704. The third kappa shape index (κ3) is 3.28. The van der Waals surface area contributed by atoms with Gasteiger partial charge in [0, 0.05) is 11.1 Å². The summed E-state index contributed by atoms with van der Waals surface area (Å²) < 4.78 is 18.5. The van der Waals surface area contributed by atoms with Gasteiger partial charge in [0.1, 0.15) is 0 Å². The molecule has 0 aliphatic carbocycles. The number of methoxy groups -OCH3 is 1. The van der Waals surface area contributed by atoms with E-state index < -0.39 is 0 Å². The van der Waals surface area contributed by atoms with Crippen molar-refractivity contribution >= 4 is 11.3 Å². The molecule has 6 heteroatoms. The van der Waals surface area contributed by atoms with Crippen LogP contribution in [0.15, 0.2) is 24.4 Å². The van der Waals surface area contributed by atoms with Crippen molar-refractivity contribution in [2.75, 3.05) is 7.11 Å². The number of nitrogens with zero attached hydrogens (tertiary/aromatic N) is 1. The number of rotatable bonds is 5. The SMILES string of the molecule is COc1ccc(CC(NN)c2cnc(C)s2)cc1F. The van der Waals surface area contributed by atoms with E-state index in [-0.39, 0.29) is 17.6 Å². The molecule has 1 aromatic carbocycles. The molecular weight excluding hydrogens is 265 g/mol. The van der Waals surface area contributed by atoms with Crippen molar-refractivity contribution in [3.63, 3.8) is 0 Å². The Hall–Kier alpha value is -1.50. The summed E-state index contributed by atoms with van der Waals surface area (Å²) in [6.45, 7) is 1.94. The van der Waals surface area contributed by atoms with Crippen molar-refractivity contribution in [3.8, 4) is 5.75 Å². The summed E-state index contributed by atoms with van der Waals surface area (Å²) in [5, 5.41) is 0.983. The highest BCUT2D eigenvalue weighted by molar-refractivity contribution is 7.11. The largest absolute Gasteiger partial charge is 0.494 e. The van der Waals surface area contributed by atoms with Crippen LogP contribution < -0.4 is 16.0 Å². The predicted molar refractivity (Wildman–Crippen MR) is 73.6 cm³/mol. The highest BCUT2D eigenvalue weighted by Gasteiger charge is 2.14. The standard InChI is InChI=1S/C13H16FN3OS/c1-8-16-7-13(19-8)11(17-15)6-9-3-4-12(18-2)10(14)5-9/h3-5,7,11,17H,6,15H2,1-2H3. The molecule has 1 aromatic heterocycles. The van der Waals surface area contributed by atoms with Crippen molar-refractivity contribution < 1.29 is 9.13 Å². The van der Waals surface area contributed by atoms with E-state index in [9.17, 15) is 4.39 Å². The van der Waals surface area contributed by atoms with Gasteiger partial charge in [-0.2, -0.15) is 0 Å². The zero-order valence-corrected chi connectivity index (χ0v) is 11.6. The molecule has 102 valence electrons. The van der Waals surface area contributed by atoms with Crippen LogP contribution in [0.5, 0.6) is 5.75 Å². The molecule has 0 aliphatic rings. The zero-order chi connectivity index (χ0) is 13.8. The van der Waals surface area contributed by atoms with E-state index in [4.69, 9.17) is 10.6 Å². The quantitative estimate of drug-likeness (QED) is 0.652. The minimum Gasteiger partial charge on any atom is -0.494 e. The average Bonchev–Trinajstić information content (AvgIpc) is 2.82. The van der Waals surface area contributed by atoms with Crippen molar-refractivity contribution in [2.45, 2.75) is 19.4 Å². The van der Waals surface area contributed by atoms with Crippen LogP contribution in [0.3, 0.4) is 0 Å². The first kappa shape index (κ1) is 13.9. The summed E-state index contributed by atoms with van der Waals surface area (Å²) in [4.78, 5) is 5.24. The molecule has 2 aromatic rings. The number of halogens is 1. The van der Waals surface area contributed by atoms with Gasteiger partial charge in [-0.15, -0.1) is 11.3 Å². The lowest BCUT2D eigenvalue weighted by Crippen LogP contribution is -2.29. The molecule has 0 saturated heterocycles. The minimum atomic E-state index is -0.365. The second kappa shape index (κ2) is 6.10. The van der Waals surface area contributed by atoms with Crippen molar-refractivity contribution in [1.82, 2.24) is 10.4 Å². The number of aromatic nitrogens is 1. The number of hydrogen-bond donors (Lipinski definition) is 2. The van der Waals surface area contributed by atoms with Crippen LogP contribution in [0.2, 0.25) is 0 Å². The second-order valence-corrected chi connectivity index (χ2v) is 5.44. The Morgan fingerprint density at radius 2 is 2.32 bits per heavy atom. The summed E-state index contributed by atoms with van der Waals surface area (Å²) in [7, 11) is 1.45. The lowest BCUT2D eigenvalue weighted by atomic mass is 10.1. The summed E-state index contributed by atoms with van der Waals surface area (Å²) in [5.41, 5.74) is 3.60. The number of ether oxygens (including phenoxy) is 1. The van der Waals surface area contributed by atoms with Crippen LogP contribution in [0.4, 0.5) is 4.39 Å². The van der Waals surface area contributed by atoms with Gasteiger partial charge in [0.25, 0.3) is 0 Å². The maximum absolute atomic E-state index is 13.6. The first-order valence-corrected chi connectivity index (χ1v) is 6.66. The molecule has 1 heterocycles. The van der Waals surface area contributed by atoms with E-state index in [0.29, 0.717) is 6.42 Å². The van der Waals surface area contributed by atoms with Gasteiger partial charge in [-0.05, 0) is 31.0 Å². The molecule has 0 amide bonds. The third-order valence-electron chi connectivity index (χ3n) is 2.84. The molecule has 19 heavy (non-hydrogen) atoms. The van der Waals surface area contributed by atoms with Crippen LogP contribution in [-0.4, -0.2) is 12.1 Å². The van der Waals surface area contributed by atoms with E-state index in [1.165, 1.54) is 13.2 Å². The Balaban J connectivity index is 2.16. The molecule has 0 aliphatic heterocycles. The Kier molecular flexibility index (Phi) is 4.47. The zero-order valence-electron chi connectivity index (χ0n) is 10.8. The molecule has 0 radical (unpaired) electrons. The molecular formula is C13H16FN3OS. The summed E-state index contributed by atoms with van der Waals surface area (Å²) in [6.07, 6.45) is 2.39. The van der Waals surface area contributed by atoms with E-state index >= 15 is 0 Å². The average molecular weight is 281 g/mol. The fourth-order valence-corrected chi connectivity index (χ4v) is 2.70. The van der Waals surface area contributed by atoms with Gasteiger partial charge < -0.3 is 4.74 Å². The third-order valence-corrected chi connectivity index (χ3v) is 3.87. The fourth-order valence-electron chi connectivity index (χ4n) is 1.85. The number of hydrazine groups is 1. The normalized spacial score (nSPS) is 12.4. The molecule has 0 saturated carbocycles. The predicted octanol–water partition coefficient (Wildman–Crippen LogP) is 2.35. The Morgan fingerprint density at radius 3 is 2.84 bits per heavy atom. The summed E-state index contributed by atoms with van der Waals surface area (Å²) >= 11 is 1.58. The van der Waals surface area contributed by atoms with E-state index in [1.807, 2.05) is 13.0 Å². The van der Waals surface area contributed by atoms with Gasteiger partial charge in [0.05, 0.1) is 18.2 Å². The second-order valence-electron chi connectivity index (χ2n) is 4.17. The van der Waals surface area contributed by atoms with Gasteiger partial charge >= 0.3 is 0 Å². The van der Waals surface area contributed by atoms with Gasteiger partial charge in [-0.25, -0.2) is 9.37 Å². The van der Waals surface area contributed by atoms with Crippen molar-refractivity contribution in [2.24, 2.45) is 5.84 Å². The topological polar surface area (TPSA) is 60.2 Å². The maximum Gasteiger partial charge on any atom is 0.165 e. The monoisotopic (exact) mass is 281 g/mol. The molecule has 0 fully saturated rings. The summed E-state index contributed by atoms with van der Waals surface area (Å²) in [5.74, 6) is 5.45. The number of nitrogens with one attached hydrogen (secondary N) is 1. The lowest BCUT2D eigenvalue weighted by molar-refractivity contribution is 0.386. The first-order chi connectivity index (χ1) is 9.13. The Morgan fingerprint density at radius 1 is 1.53 bits per heavy atom. The first-order valence-electron chi connectivity index (χ1n) is 5.85.